The summed E-state index contributed by atoms with van der Waals surface area (Å²) in [4.78, 5) is 50.1. The van der Waals surface area contributed by atoms with Crippen LogP contribution in [0.4, 0.5) is 0 Å². The largest absolute Gasteiger partial charge is 0.479 e. The zero-order chi connectivity index (χ0) is 25.7. The van der Waals surface area contributed by atoms with Gasteiger partial charge in [0.25, 0.3) is 5.56 Å². The van der Waals surface area contributed by atoms with Crippen molar-refractivity contribution in [2.24, 2.45) is 0 Å². The first-order valence-corrected chi connectivity index (χ1v) is 11.0. The van der Waals surface area contributed by atoms with E-state index >= 15 is 0 Å². The molecule has 36 heavy (non-hydrogen) atoms. The number of benzene rings is 2. The lowest BCUT2D eigenvalue weighted by Gasteiger charge is -2.23. The summed E-state index contributed by atoms with van der Waals surface area (Å²) in [6.07, 6.45) is -4.26. The number of nitrogens with zero attached hydrogens (tertiary/aromatic N) is 2. The maximum Gasteiger partial charge on any atom is 0.338 e. The molecule has 0 amide bonds. The monoisotopic (exact) mass is 496 g/mol. The van der Waals surface area contributed by atoms with Crippen LogP contribution in [0, 0.1) is 0 Å². The first-order valence-electron chi connectivity index (χ1n) is 11.0. The minimum Gasteiger partial charge on any atom is -0.479 e. The van der Waals surface area contributed by atoms with Gasteiger partial charge in [-0.05, 0) is 17.7 Å². The molecule has 1 aliphatic rings. The van der Waals surface area contributed by atoms with Crippen LogP contribution in [-0.4, -0.2) is 51.6 Å². The predicted octanol–water partition coefficient (Wildman–Crippen LogP) is 1.41. The Morgan fingerprint density at radius 2 is 1.64 bits per heavy atom. The number of carboxylic acids is 1. The third kappa shape index (κ3) is 5.28. The molecule has 0 aliphatic carbocycles. The van der Waals surface area contributed by atoms with Crippen LogP contribution in [0.5, 0.6) is 0 Å². The van der Waals surface area contributed by atoms with E-state index in [1.165, 1.54) is 25.4 Å². The molecule has 1 fully saturated rings. The van der Waals surface area contributed by atoms with Crippen LogP contribution in [0.2, 0.25) is 0 Å². The number of esters is 1. The van der Waals surface area contributed by atoms with Crippen LogP contribution >= 0.6 is 0 Å². The van der Waals surface area contributed by atoms with Crippen molar-refractivity contribution in [1.29, 1.82) is 0 Å². The van der Waals surface area contributed by atoms with E-state index in [-0.39, 0.29) is 18.9 Å². The lowest BCUT2D eigenvalue weighted by atomic mass is 10.1. The Morgan fingerprint density at radius 1 is 0.972 bits per heavy atom. The first kappa shape index (κ1) is 25.0. The summed E-state index contributed by atoms with van der Waals surface area (Å²) < 4.78 is 23.9. The van der Waals surface area contributed by atoms with Gasteiger partial charge in [0, 0.05) is 19.4 Å². The van der Waals surface area contributed by atoms with Crippen molar-refractivity contribution in [2.45, 2.75) is 37.9 Å². The normalized spacial score (nSPS) is 21.2. The van der Waals surface area contributed by atoms with Crippen LogP contribution in [0.15, 0.2) is 82.5 Å². The number of ether oxygens (including phenoxy) is 4. The second-order valence-corrected chi connectivity index (χ2v) is 7.96. The fourth-order valence-electron chi connectivity index (χ4n) is 3.88. The van der Waals surface area contributed by atoms with Crippen LogP contribution in [0.1, 0.15) is 22.1 Å². The van der Waals surface area contributed by atoms with Gasteiger partial charge in [0.1, 0.15) is 12.8 Å². The molecule has 0 saturated carbocycles. The Labute approximate surface area is 205 Å². The molecule has 2 aromatic carbocycles. The van der Waals surface area contributed by atoms with Crippen molar-refractivity contribution in [2.75, 3.05) is 7.11 Å². The number of methoxy groups -OCH3 is 1. The van der Waals surface area contributed by atoms with Gasteiger partial charge in [-0.3, -0.25) is 9.36 Å². The van der Waals surface area contributed by atoms with Gasteiger partial charge in [-0.1, -0.05) is 48.5 Å². The second kappa shape index (κ2) is 11.1. The third-order valence-electron chi connectivity index (χ3n) is 5.66. The van der Waals surface area contributed by atoms with Crippen molar-refractivity contribution in [3.05, 3.63) is 105 Å². The summed E-state index contributed by atoms with van der Waals surface area (Å²) >= 11 is 0. The van der Waals surface area contributed by atoms with Crippen molar-refractivity contribution in [3.63, 3.8) is 0 Å². The highest BCUT2D eigenvalue weighted by Crippen LogP contribution is 2.33. The van der Waals surface area contributed by atoms with Gasteiger partial charge in [0.2, 0.25) is 0 Å². The van der Waals surface area contributed by atoms with E-state index in [0.717, 1.165) is 20.8 Å². The fraction of sp³-hybridized carbons (Fsp3) is 0.280. The van der Waals surface area contributed by atoms with Crippen LogP contribution in [-0.2, 0) is 37.1 Å². The Kier molecular flexibility index (Phi) is 7.74. The fourth-order valence-corrected chi connectivity index (χ4v) is 3.88. The first-order chi connectivity index (χ1) is 17.4. The third-order valence-corrected chi connectivity index (χ3v) is 5.66. The van der Waals surface area contributed by atoms with Crippen molar-refractivity contribution in [3.8, 4) is 0 Å². The Balaban J connectivity index is 1.58. The van der Waals surface area contributed by atoms with E-state index in [2.05, 4.69) is 0 Å². The number of carboxylic acid groups (broad SMARTS) is 1. The molecule has 11 nitrogen and oxygen atoms in total. The summed E-state index contributed by atoms with van der Waals surface area (Å²) in [6, 6.07) is 18.3. The van der Waals surface area contributed by atoms with Crippen LogP contribution in [0.25, 0.3) is 0 Å². The standard InChI is InChI=1S/C25H24N2O9/c1-33-20-19(36-24(31)17-10-6-3-7-11-17)21(23(29)30)35-22(20)26-13-12-18(28)27(25(26)32)15-34-14-16-8-4-2-5-9-16/h2-13,19-22H,14-15H2,1H3,(H,29,30)/t19?,20?,21-,22+/m0/s1. The molecule has 0 radical (unpaired) electrons. The summed E-state index contributed by atoms with van der Waals surface area (Å²) in [5, 5.41) is 9.70. The molecule has 1 saturated heterocycles. The molecule has 2 heterocycles. The number of carbonyl (C=O) groups is 2. The molecule has 1 N–H and O–H groups in total. The maximum absolute atomic E-state index is 13.2. The highest BCUT2D eigenvalue weighted by molar-refractivity contribution is 5.89. The van der Waals surface area contributed by atoms with E-state index < -0.39 is 47.7 Å². The molecule has 2 unspecified atom stereocenters. The smallest absolute Gasteiger partial charge is 0.338 e. The lowest BCUT2D eigenvalue weighted by molar-refractivity contribution is -0.155. The molecular formula is C25H24N2O9. The molecule has 0 bridgehead atoms. The van der Waals surface area contributed by atoms with Gasteiger partial charge in [-0.15, -0.1) is 0 Å². The molecular weight excluding hydrogens is 472 g/mol. The number of aromatic nitrogens is 2. The van der Waals surface area contributed by atoms with Gasteiger partial charge in [0.15, 0.2) is 18.4 Å². The highest BCUT2D eigenvalue weighted by Gasteiger charge is 2.52. The summed E-state index contributed by atoms with van der Waals surface area (Å²) in [7, 11) is 1.28. The minimum absolute atomic E-state index is 0.167. The van der Waals surface area contributed by atoms with Gasteiger partial charge >= 0.3 is 17.6 Å². The predicted molar refractivity (Wildman–Crippen MR) is 124 cm³/mol. The Morgan fingerprint density at radius 3 is 2.28 bits per heavy atom. The van der Waals surface area contributed by atoms with E-state index in [1.54, 1.807) is 18.2 Å². The van der Waals surface area contributed by atoms with Crippen molar-refractivity contribution < 1.29 is 33.6 Å². The second-order valence-electron chi connectivity index (χ2n) is 7.96. The molecule has 4 rings (SSSR count). The molecule has 1 aliphatic heterocycles. The van der Waals surface area contributed by atoms with Crippen LogP contribution in [0.3, 0.4) is 0 Å². The van der Waals surface area contributed by atoms with Gasteiger partial charge in [-0.25, -0.2) is 19.0 Å². The zero-order valence-corrected chi connectivity index (χ0v) is 19.3. The zero-order valence-electron chi connectivity index (χ0n) is 19.3. The topological polar surface area (TPSA) is 135 Å². The molecule has 188 valence electrons. The number of rotatable bonds is 9. The summed E-state index contributed by atoms with van der Waals surface area (Å²) in [5.74, 6) is -2.18. The van der Waals surface area contributed by atoms with Crippen molar-refractivity contribution in [1.82, 2.24) is 9.13 Å². The minimum atomic E-state index is -1.62. The average molecular weight is 496 g/mol. The number of hydrogen-bond donors (Lipinski definition) is 1. The number of carbonyl (C=O) groups excluding carboxylic acids is 1. The SMILES string of the molecule is COC1C(OC(=O)c2ccccc2)[C@@H](C(=O)O)O[C@H]1n1ccc(=O)n(COCc2ccccc2)c1=O. The molecule has 4 atom stereocenters. The van der Waals surface area contributed by atoms with Crippen LogP contribution < -0.4 is 11.2 Å². The molecule has 0 spiro atoms. The number of hydrogen-bond acceptors (Lipinski definition) is 8. The van der Waals surface area contributed by atoms with E-state index in [0.29, 0.717) is 0 Å². The Hall–Kier alpha value is -4.06. The molecule has 3 aromatic rings. The van der Waals surface area contributed by atoms with E-state index in [4.69, 9.17) is 18.9 Å². The summed E-state index contributed by atoms with van der Waals surface area (Å²) in [5.41, 5.74) is -0.353. The maximum atomic E-state index is 13.2. The van der Waals surface area contributed by atoms with Gasteiger partial charge in [0.05, 0.1) is 12.2 Å². The Bertz CT molecular complexity index is 1320. The highest BCUT2D eigenvalue weighted by atomic mass is 16.6. The molecule has 11 heteroatoms. The number of aliphatic carboxylic acids is 1. The summed E-state index contributed by atoms with van der Waals surface area (Å²) in [6.45, 7) is -0.173. The lowest BCUT2D eigenvalue weighted by Crippen LogP contribution is -2.44. The van der Waals surface area contributed by atoms with E-state index in [1.807, 2.05) is 30.3 Å². The quantitative estimate of drug-likeness (QED) is 0.436. The van der Waals surface area contributed by atoms with Gasteiger partial charge in [-0.2, -0.15) is 0 Å². The average Bonchev–Trinajstić information content (AvgIpc) is 3.25. The van der Waals surface area contributed by atoms with Gasteiger partial charge < -0.3 is 24.1 Å². The van der Waals surface area contributed by atoms with Crippen molar-refractivity contribution >= 4 is 11.9 Å². The van der Waals surface area contributed by atoms with E-state index in [9.17, 15) is 24.3 Å². The molecule has 1 aromatic heterocycles.